The zero-order valence-corrected chi connectivity index (χ0v) is 20.5. The van der Waals surface area contributed by atoms with Crippen molar-refractivity contribution < 1.29 is 9.72 Å². The first-order valence-corrected chi connectivity index (χ1v) is 12.1. The molecular weight excluding hydrogens is 488 g/mol. The molecule has 4 rings (SSSR count). The number of nitrogens with one attached hydrogen (secondary N) is 1. The lowest BCUT2D eigenvalue weighted by Gasteiger charge is -2.18. The maximum atomic E-state index is 13.5. The molecule has 0 aliphatic heterocycles. The number of hydrogen-bond donors (Lipinski definition) is 1. The van der Waals surface area contributed by atoms with Gasteiger partial charge in [0.2, 0.25) is 5.91 Å². The van der Waals surface area contributed by atoms with E-state index >= 15 is 0 Å². The number of aromatic nitrogens is 2. The fourth-order valence-electron chi connectivity index (χ4n) is 3.64. The van der Waals surface area contributed by atoms with E-state index < -0.39 is 10.8 Å². The Morgan fingerprint density at radius 1 is 1.14 bits per heavy atom. The third kappa shape index (κ3) is 5.21. The summed E-state index contributed by atoms with van der Waals surface area (Å²) < 4.78 is 1.54. The average molecular weight is 509 g/mol. The van der Waals surface area contributed by atoms with Gasteiger partial charge in [-0.05, 0) is 35.7 Å². The van der Waals surface area contributed by atoms with Gasteiger partial charge in [-0.2, -0.15) is 0 Å². The number of non-ortho nitro benzene ring substituents is 1. The Balaban J connectivity index is 1.70. The number of carbonyl (C=O) groups excluding carboxylic acids is 1. The van der Waals surface area contributed by atoms with E-state index in [-0.39, 0.29) is 33.6 Å². The topological polar surface area (TPSA) is 107 Å². The first kappa shape index (κ1) is 24.4. The molecule has 0 aliphatic rings. The number of carbonyl (C=O) groups is 1. The molecule has 1 heterocycles. The highest BCUT2D eigenvalue weighted by Gasteiger charge is 2.19. The van der Waals surface area contributed by atoms with Gasteiger partial charge in [-0.25, -0.2) is 4.98 Å². The highest BCUT2D eigenvalue weighted by molar-refractivity contribution is 7.99. The van der Waals surface area contributed by atoms with E-state index in [0.29, 0.717) is 21.7 Å². The smallest absolute Gasteiger partial charge is 0.271 e. The quantitative estimate of drug-likeness (QED) is 0.146. The van der Waals surface area contributed by atoms with Crippen molar-refractivity contribution in [2.45, 2.75) is 24.9 Å². The van der Waals surface area contributed by atoms with Crippen LogP contribution in [0.5, 0.6) is 0 Å². The molecule has 0 aliphatic carbocycles. The van der Waals surface area contributed by atoms with Gasteiger partial charge >= 0.3 is 0 Å². The zero-order chi connectivity index (χ0) is 25.1. The summed E-state index contributed by atoms with van der Waals surface area (Å²) in [6.45, 7) is 4.09. The van der Waals surface area contributed by atoms with Crippen LogP contribution >= 0.6 is 23.4 Å². The lowest BCUT2D eigenvalue weighted by molar-refractivity contribution is -0.384. The summed E-state index contributed by atoms with van der Waals surface area (Å²) in [5, 5.41) is 14.7. The lowest BCUT2D eigenvalue weighted by atomic mass is 10.0. The van der Waals surface area contributed by atoms with Crippen molar-refractivity contribution in [3.05, 3.63) is 97.8 Å². The molecule has 8 nitrogen and oxygen atoms in total. The van der Waals surface area contributed by atoms with Crippen LogP contribution in [0.2, 0.25) is 5.02 Å². The molecule has 0 saturated heterocycles. The number of rotatable bonds is 7. The minimum atomic E-state index is -0.565. The number of nitrogens with zero attached hydrogens (tertiary/aromatic N) is 3. The Morgan fingerprint density at radius 2 is 1.86 bits per heavy atom. The number of thioether (sulfide) groups is 1. The monoisotopic (exact) mass is 508 g/mol. The summed E-state index contributed by atoms with van der Waals surface area (Å²) in [4.78, 5) is 41.4. The van der Waals surface area contributed by atoms with Crippen molar-refractivity contribution in [2.24, 2.45) is 0 Å². The van der Waals surface area contributed by atoms with Gasteiger partial charge in [-0.15, -0.1) is 0 Å². The summed E-state index contributed by atoms with van der Waals surface area (Å²) >= 11 is 7.20. The fourth-order valence-corrected chi connectivity index (χ4v) is 4.61. The van der Waals surface area contributed by atoms with Crippen molar-refractivity contribution >= 4 is 51.5 Å². The number of amides is 1. The highest BCUT2D eigenvalue weighted by Crippen LogP contribution is 2.29. The average Bonchev–Trinajstić information content (AvgIpc) is 2.84. The van der Waals surface area contributed by atoms with Gasteiger partial charge in [-0.3, -0.25) is 24.3 Å². The van der Waals surface area contributed by atoms with Gasteiger partial charge in [0.1, 0.15) is 0 Å². The van der Waals surface area contributed by atoms with Crippen LogP contribution in [-0.4, -0.2) is 26.1 Å². The SMILES string of the molecule is CC(C)c1ccccc1-n1c(SCC(=O)Nc2cc([N+](=O)[O-])ccc2Cl)nc2ccccc2c1=O. The van der Waals surface area contributed by atoms with E-state index in [0.717, 1.165) is 17.3 Å². The number of para-hydroxylation sites is 2. The lowest BCUT2D eigenvalue weighted by Crippen LogP contribution is -2.24. The first-order chi connectivity index (χ1) is 16.8. The summed E-state index contributed by atoms with van der Waals surface area (Å²) in [5.41, 5.74) is 1.93. The maximum Gasteiger partial charge on any atom is 0.271 e. The van der Waals surface area contributed by atoms with Crippen LogP contribution in [0.1, 0.15) is 25.3 Å². The van der Waals surface area contributed by atoms with E-state index in [4.69, 9.17) is 11.6 Å². The van der Waals surface area contributed by atoms with Gasteiger partial charge in [0.05, 0.1) is 38.0 Å². The Bertz CT molecular complexity index is 1500. The fraction of sp³-hybridized carbons (Fsp3) is 0.160. The van der Waals surface area contributed by atoms with Crippen molar-refractivity contribution in [3.63, 3.8) is 0 Å². The number of anilines is 1. The molecule has 1 amide bonds. The van der Waals surface area contributed by atoms with Crippen LogP contribution in [0.4, 0.5) is 11.4 Å². The van der Waals surface area contributed by atoms with Crippen molar-refractivity contribution in [3.8, 4) is 5.69 Å². The molecule has 3 aromatic carbocycles. The molecule has 0 radical (unpaired) electrons. The van der Waals surface area contributed by atoms with Crippen LogP contribution in [0.25, 0.3) is 16.6 Å². The van der Waals surface area contributed by atoms with Gasteiger partial charge in [-0.1, -0.05) is 67.5 Å². The van der Waals surface area contributed by atoms with Crippen LogP contribution in [0.3, 0.4) is 0 Å². The van der Waals surface area contributed by atoms with Crippen molar-refractivity contribution in [1.29, 1.82) is 0 Å². The van der Waals surface area contributed by atoms with Gasteiger partial charge < -0.3 is 5.32 Å². The Morgan fingerprint density at radius 3 is 2.60 bits per heavy atom. The van der Waals surface area contributed by atoms with Crippen molar-refractivity contribution in [1.82, 2.24) is 9.55 Å². The number of fused-ring (bicyclic) bond motifs is 1. The van der Waals surface area contributed by atoms with Gasteiger partial charge in [0, 0.05) is 12.1 Å². The number of nitro benzene ring substituents is 1. The Kier molecular flexibility index (Phi) is 7.18. The molecule has 0 spiro atoms. The predicted molar refractivity (Wildman–Crippen MR) is 139 cm³/mol. The standard InChI is InChI=1S/C25H21ClN4O4S/c1-15(2)17-7-4-6-10-22(17)29-24(32)18-8-3-5-9-20(18)28-25(29)35-14-23(31)27-21-13-16(30(33)34)11-12-19(21)26/h3-13,15H,14H2,1-2H3,(H,27,31). The normalized spacial score (nSPS) is 11.1. The number of benzene rings is 3. The summed E-state index contributed by atoms with van der Waals surface area (Å²) in [6.07, 6.45) is 0. The van der Waals surface area contributed by atoms with Crippen LogP contribution in [0.15, 0.2) is 76.7 Å². The number of hydrogen-bond acceptors (Lipinski definition) is 6. The second kappa shape index (κ2) is 10.3. The molecule has 0 unspecified atom stereocenters. The molecule has 0 saturated carbocycles. The molecule has 0 bridgehead atoms. The van der Waals surface area contributed by atoms with E-state index in [9.17, 15) is 19.7 Å². The Labute approximate surface area is 210 Å². The summed E-state index contributed by atoms with van der Waals surface area (Å²) in [7, 11) is 0. The molecule has 178 valence electrons. The molecule has 1 N–H and O–H groups in total. The molecule has 4 aromatic rings. The maximum absolute atomic E-state index is 13.5. The predicted octanol–water partition coefficient (Wildman–Crippen LogP) is 5.80. The van der Waals surface area contributed by atoms with Crippen LogP contribution in [-0.2, 0) is 4.79 Å². The molecule has 35 heavy (non-hydrogen) atoms. The van der Waals surface area contributed by atoms with E-state index in [1.807, 2.05) is 38.1 Å². The summed E-state index contributed by atoms with van der Waals surface area (Å²) in [5.74, 6) is -0.376. The minimum absolute atomic E-state index is 0.0896. The van der Waals surface area contributed by atoms with Crippen LogP contribution in [0, 0.1) is 10.1 Å². The van der Waals surface area contributed by atoms with E-state index in [1.54, 1.807) is 24.3 Å². The third-order valence-electron chi connectivity index (χ3n) is 5.31. The summed E-state index contributed by atoms with van der Waals surface area (Å²) in [6, 6.07) is 18.5. The first-order valence-electron chi connectivity index (χ1n) is 10.7. The van der Waals surface area contributed by atoms with Gasteiger partial charge in [0.15, 0.2) is 5.16 Å². The van der Waals surface area contributed by atoms with E-state index in [2.05, 4.69) is 10.3 Å². The number of nitro groups is 1. The number of halogens is 1. The molecule has 0 atom stereocenters. The molecular formula is C25H21ClN4O4S. The molecule has 1 aromatic heterocycles. The Hall–Kier alpha value is -3.69. The van der Waals surface area contributed by atoms with Gasteiger partial charge in [0.25, 0.3) is 11.2 Å². The zero-order valence-electron chi connectivity index (χ0n) is 18.9. The van der Waals surface area contributed by atoms with Crippen molar-refractivity contribution in [2.75, 3.05) is 11.1 Å². The largest absolute Gasteiger partial charge is 0.324 e. The highest BCUT2D eigenvalue weighted by atomic mass is 35.5. The second-order valence-electron chi connectivity index (χ2n) is 8.02. The van der Waals surface area contributed by atoms with Crippen LogP contribution < -0.4 is 10.9 Å². The molecule has 10 heteroatoms. The van der Waals surface area contributed by atoms with E-state index in [1.165, 1.54) is 22.8 Å². The molecule has 0 fully saturated rings. The minimum Gasteiger partial charge on any atom is -0.324 e. The second-order valence-corrected chi connectivity index (χ2v) is 9.37. The third-order valence-corrected chi connectivity index (χ3v) is 6.58.